The molecule has 1 N–H and O–H groups in total. The number of furan rings is 1. The molecule has 100 valence electrons. The van der Waals surface area contributed by atoms with Gasteiger partial charge in [0.1, 0.15) is 0 Å². The minimum Gasteiger partial charge on any atom is -0.444 e. The highest BCUT2D eigenvalue weighted by molar-refractivity contribution is 9.10. The van der Waals surface area contributed by atoms with Gasteiger partial charge in [-0.1, -0.05) is 0 Å². The van der Waals surface area contributed by atoms with Gasteiger partial charge in [0.2, 0.25) is 0 Å². The van der Waals surface area contributed by atoms with E-state index >= 15 is 0 Å². The molecule has 6 heteroatoms. The lowest BCUT2D eigenvalue weighted by atomic mass is 10.2. The number of halogens is 1. The first-order valence-corrected chi connectivity index (χ1v) is 6.78. The minimum atomic E-state index is -0.165. The van der Waals surface area contributed by atoms with Crippen LogP contribution < -0.4 is 5.32 Å². The van der Waals surface area contributed by atoms with Crippen LogP contribution in [0, 0.1) is 0 Å². The third-order valence-electron chi connectivity index (χ3n) is 3.28. The molecule has 1 aliphatic heterocycles. The predicted molar refractivity (Wildman–Crippen MR) is 72.7 cm³/mol. The summed E-state index contributed by atoms with van der Waals surface area (Å²) in [6, 6.07) is 3.73. The van der Waals surface area contributed by atoms with Crippen molar-refractivity contribution in [1.29, 1.82) is 0 Å². The van der Waals surface area contributed by atoms with Crippen LogP contribution in [0.1, 0.15) is 10.6 Å². The third kappa shape index (κ3) is 3.34. The van der Waals surface area contributed by atoms with Crippen molar-refractivity contribution in [3.05, 3.63) is 22.6 Å². The second-order valence-corrected chi connectivity index (χ2v) is 5.49. The lowest BCUT2D eigenvalue weighted by Crippen LogP contribution is -2.54. The molecular formula is C12H18BrN3O2. The number of piperazine rings is 1. The fourth-order valence-corrected chi connectivity index (χ4v) is 2.36. The van der Waals surface area contributed by atoms with Crippen LogP contribution in [0.15, 0.2) is 21.2 Å². The molecule has 2 heterocycles. The highest BCUT2D eigenvalue weighted by Gasteiger charge is 2.23. The lowest BCUT2D eigenvalue weighted by molar-refractivity contribution is 0.0856. The molecule has 1 aliphatic rings. The van der Waals surface area contributed by atoms with Gasteiger partial charge in [0, 0.05) is 32.2 Å². The molecule has 0 aromatic carbocycles. The first-order valence-electron chi connectivity index (χ1n) is 5.98. The van der Waals surface area contributed by atoms with E-state index in [1.807, 2.05) is 0 Å². The molecule has 0 aliphatic carbocycles. The van der Waals surface area contributed by atoms with Crippen LogP contribution >= 0.6 is 15.9 Å². The van der Waals surface area contributed by atoms with Crippen molar-refractivity contribution in [3.63, 3.8) is 0 Å². The van der Waals surface area contributed by atoms with Gasteiger partial charge in [-0.05, 0) is 42.2 Å². The van der Waals surface area contributed by atoms with Gasteiger partial charge in [0.15, 0.2) is 10.4 Å². The van der Waals surface area contributed by atoms with Crippen LogP contribution in [0.25, 0.3) is 0 Å². The normalized spacial score (nSPS) is 22.1. The summed E-state index contributed by atoms with van der Waals surface area (Å²) in [4.78, 5) is 16.4. The monoisotopic (exact) mass is 315 g/mol. The van der Waals surface area contributed by atoms with Crippen LogP contribution in [-0.2, 0) is 0 Å². The van der Waals surface area contributed by atoms with Gasteiger partial charge >= 0.3 is 0 Å². The summed E-state index contributed by atoms with van der Waals surface area (Å²) in [5, 5.41) is 2.91. The highest BCUT2D eigenvalue weighted by Crippen LogP contribution is 2.14. The Morgan fingerprint density at radius 3 is 2.94 bits per heavy atom. The maximum atomic E-state index is 11.8. The van der Waals surface area contributed by atoms with E-state index in [1.54, 1.807) is 12.1 Å². The summed E-state index contributed by atoms with van der Waals surface area (Å²) < 4.78 is 5.79. The number of hydrogen-bond donors (Lipinski definition) is 1. The lowest BCUT2D eigenvalue weighted by Gasteiger charge is -2.37. The number of nitrogens with zero attached hydrogens (tertiary/aromatic N) is 2. The molecular weight excluding hydrogens is 298 g/mol. The Morgan fingerprint density at radius 1 is 1.50 bits per heavy atom. The summed E-state index contributed by atoms with van der Waals surface area (Å²) >= 11 is 3.18. The number of likely N-dealkylation sites (N-methyl/N-ethyl adjacent to an activating group) is 2. The fourth-order valence-electron chi connectivity index (χ4n) is 2.06. The van der Waals surface area contributed by atoms with E-state index in [0.717, 1.165) is 19.6 Å². The number of hydrogen-bond acceptors (Lipinski definition) is 4. The molecule has 1 aromatic rings. The van der Waals surface area contributed by atoms with Crippen LogP contribution in [0.5, 0.6) is 0 Å². The Balaban J connectivity index is 1.85. The molecule has 0 spiro atoms. The molecule has 18 heavy (non-hydrogen) atoms. The topological polar surface area (TPSA) is 48.7 Å². The molecule has 1 amide bonds. The van der Waals surface area contributed by atoms with E-state index in [0.29, 0.717) is 23.0 Å². The van der Waals surface area contributed by atoms with Crippen LogP contribution in [0.4, 0.5) is 0 Å². The largest absolute Gasteiger partial charge is 0.444 e. The quantitative estimate of drug-likeness (QED) is 0.904. The molecule has 1 unspecified atom stereocenters. The summed E-state index contributed by atoms with van der Waals surface area (Å²) in [5.41, 5.74) is 0. The zero-order chi connectivity index (χ0) is 13.1. The van der Waals surface area contributed by atoms with E-state index in [-0.39, 0.29) is 5.91 Å². The second kappa shape index (κ2) is 5.86. The third-order valence-corrected chi connectivity index (χ3v) is 3.70. The van der Waals surface area contributed by atoms with Crippen molar-refractivity contribution >= 4 is 21.8 Å². The summed E-state index contributed by atoms with van der Waals surface area (Å²) in [7, 11) is 4.19. The Kier molecular flexibility index (Phi) is 4.42. The number of carbonyl (C=O) groups excluding carboxylic acids is 1. The molecule has 1 atom stereocenters. The van der Waals surface area contributed by atoms with E-state index < -0.39 is 0 Å². The van der Waals surface area contributed by atoms with Crippen LogP contribution in [0.2, 0.25) is 0 Å². The Morgan fingerprint density at radius 2 is 2.28 bits per heavy atom. The van der Waals surface area contributed by atoms with Gasteiger partial charge in [-0.2, -0.15) is 0 Å². The number of rotatable bonds is 3. The number of nitrogens with one attached hydrogen (secondary N) is 1. The van der Waals surface area contributed by atoms with Gasteiger partial charge in [0.05, 0.1) is 0 Å². The Labute approximate surface area is 115 Å². The molecule has 1 saturated heterocycles. The fraction of sp³-hybridized carbons (Fsp3) is 0.583. The first kappa shape index (κ1) is 13.6. The van der Waals surface area contributed by atoms with Gasteiger partial charge < -0.3 is 14.6 Å². The standard InChI is InChI=1S/C12H18BrN3O2/c1-15-5-6-16(2)9(8-15)7-14-12(17)10-3-4-11(13)18-10/h3-4,9H,5-8H2,1-2H3,(H,14,17). The molecule has 0 radical (unpaired) electrons. The van der Waals surface area contributed by atoms with Crippen LogP contribution in [0.3, 0.4) is 0 Å². The van der Waals surface area contributed by atoms with Crippen molar-refractivity contribution in [2.24, 2.45) is 0 Å². The predicted octanol–water partition coefficient (Wildman–Crippen LogP) is 1.02. The second-order valence-electron chi connectivity index (χ2n) is 4.71. The molecule has 1 aromatic heterocycles. The maximum absolute atomic E-state index is 11.8. The van der Waals surface area contributed by atoms with Gasteiger partial charge in [-0.3, -0.25) is 9.69 Å². The van der Waals surface area contributed by atoms with Gasteiger partial charge in [-0.25, -0.2) is 0 Å². The Hall–Kier alpha value is -0.850. The van der Waals surface area contributed by atoms with Crippen LogP contribution in [-0.4, -0.2) is 62.0 Å². The van der Waals surface area contributed by atoms with E-state index in [4.69, 9.17) is 4.42 Å². The first-order chi connectivity index (χ1) is 8.56. The number of carbonyl (C=O) groups is 1. The average Bonchev–Trinajstić information content (AvgIpc) is 2.77. The van der Waals surface area contributed by atoms with Gasteiger partial charge in [0.25, 0.3) is 5.91 Å². The highest BCUT2D eigenvalue weighted by atomic mass is 79.9. The van der Waals surface area contributed by atoms with E-state index in [9.17, 15) is 4.79 Å². The molecule has 1 fully saturated rings. The van der Waals surface area contributed by atoms with Crippen molar-refractivity contribution in [1.82, 2.24) is 15.1 Å². The maximum Gasteiger partial charge on any atom is 0.287 e. The van der Waals surface area contributed by atoms with E-state index in [1.165, 1.54) is 0 Å². The number of amides is 1. The zero-order valence-electron chi connectivity index (χ0n) is 10.6. The van der Waals surface area contributed by atoms with Crippen molar-refractivity contribution in [2.45, 2.75) is 6.04 Å². The smallest absolute Gasteiger partial charge is 0.287 e. The van der Waals surface area contributed by atoms with Crippen molar-refractivity contribution < 1.29 is 9.21 Å². The summed E-state index contributed by atoms with van der Waals surface area (Å²) in [5.74, 6) is 0.177. The van der Waals surface area contributed by atoms with Crippen molar-refractivity contribution in [3.8, 4) is 0 Å². The Bertz CT molecular complexity index is 421. The zero-order valence-corrected chi connectivity index (χ0v) is 12.2. The molecule has 5 nitrogen and oxygen atoms in total. The summed E-state index contributed by atoms with van der Waals surface area (Å²) in [6.45, 7) is 3.71. The average molecular weight is 316 g/mol. The molecule has 2 rings (SSSR count). The van der Waals surface area contributed by atoms with Gasteiger partial charge in [-0.15, -0.1) is 0 Å². The molecule has 0 bridgehead atoms. The van der Waals surface area contributed by atoms with Crippen molar-refractivity contribution in [2.75, 3.05) is 40.3 Å². The summed E-state index contributed by atoms with van der Waals surface area (Å²) in [6.07, 6.45) is 0. The SMILES string of the molecule is CN1CCN(C)C(CNC(=O)c2ccc(Br)o2)C1. The van der Waals surface area contributed by atoms with E-state index in [2.05, 4.69) is 45.1 Å². The molecule has 0 saturated carbocycles. The minimum absolute atomic E-state index is 0.165.